The fourth-order valence-corrected chi connectivity index (χ4v) is 2.32. The maximum Gasteiger partial charge on any atom is 0.251 e. The molecule has 3 heteroatoms. The van der Waals surface area contributed by atoms with E-state index in [0.717, 1.165) is 30.6 Å². The van der Waals surface area contributed by atoms with Crippen LogP contribution in [-0.4, -0.2) is 25.0 Å². The summed E-state index contributed by atoms with van der Waals surface area (Å²) in [6.07, 6.45) is 1.12. The highest BCUT2D eigenvalue weighted by molar-refractivity contribution is 5.94. The molecular weight excluding hydrogens is 224 g/mol. The molecule has 98 valence electrons. The molecule has 0 saturated carbocycles. The van der Waals surface area contributed by atoms with Gasteiger partial charge >= 0.3 is 0 Å². The number of carbonyl (C=O) groups excluding carboxylic acids is 1. The number of carbonyl (C=O) groups is 1. The number of piperidine rings is 1. The molecule has 0 bridgehead atoms. The molecular formula is C15H22N2O. The van der Waals surface area contributed by atoms with Crippen LogP contribution in [0.4, 0.5) is 0 Å². The zero-order chi connectivity index (χ0) is 13.1. The van der Waals surface area contributed by atoms with E-state index in [1.54, 1.807) is 0 Å². The molecule has 1 saturated heterocycles. The molecule has 1 fully saturated rings. The van der Waals surface area contributed by atoms with Crippen molar-refractivity contribution in [2.45, 2.75) is 33.2 Å². The summed E-state index contributed by atoms with van der Waals surface area (Å²) in [6.45, 7) is 8.22. The second-order valence-corrected chi connectivity index (χ2v) is 5.35. The fourth-order valence-electron chi connectivity index (χ4n) is 2.32. The van der Waals surface area contributed by atoms with Crippen molar-refractivity contribution in [3.8, 4) is 0 Å². The van der Waals surface area contributed by atoms with Gasteiger partial charge in [-0.25, -0.2) is 0 Å². The molecule has 1 aromatic carbocycles. The second-order valence-electron chi connectivity index (χ2n) is 5.35. The largest absolute Gasteiger partial charge is 0.348 e. The number of aryl methyl sites for hydroxylation is 2. The molecule has 0 radical (unpaired) electrons. The Morgan fingerprint density at radius 3 is 2.78 bits per heavy atom. The van der Waals surface area contributed by atoms with E-state index in [1.807, 2.05) is 25.1 Å². The van der Waals surface area contributed by atoms with Crippen molar-refractivity contribution in [2.75, 3.05) is 13.1 Å². The van der Waals surface area contributed by atoms with E-state index < -0.39 is 0 Å². The molecule has 1 heterocycles. The van der Waals surface area contributed by atoms with Crippen LogP contribution in [0.2, 0.25) is 0 Å². The number of benzene rings is 1. The van der Waals surface area contributed by atoms with E-state index in [-0.39, 0.29) is 11.9 Å². The van der Waals surface area contributed by atoms with Crippen molar-refractivity contribution in [1.29, 1.82) is 0 Å². The maximum atomic E-state index is 12.2. The van der Waals surface area contributed by atoms with E-state index in [0.29, 0.717) is 5.92 Å². The molecule has 0 aromatic heterocycles. The van der Waals surface area contributed by atoms with Crippen molar-refractivity contribution in [3.63, 3.8) is 0 Å². The molecule has 3 nitrogen and oxygen atoms in total. The summed E-state index contributed by atoms with van der Waals surface area (Å²) in [6, 6.07) is 6.12. The van der Waals surface area contributed by atoms with E-state index in [2.05, 4.69) is 24.5 Å². The van der Waals surface area contributed by atoms with Gasteiger partial charge in [-0.2, -0.15) is 0 Å². The van der Waals surface area contributed by atoms with E-state index in [1.165, 1.54) is 5.56 Å². The van der Waals surface area contributed by atoms with Crippen LogP contribution < -0.4 is 10.6 Å². The van der Waals surface area contributed by atoms with E-state index >= 15 is 0 Å². The predicted molar refractivity (Wildman–Crippen MR) is 73.8 cm³/mol. The van der Waals surface area contributed by atoms with Gasteiger partial charge in [0.05, 0.1) is 0 Å². The maximum absolute atomic E-state index is 12.2. The van der Waals surface area contributed by atoms with Crippen molar-refractivity contribution in [3.05, 3.63) is 34.9 Å². The predicted octanol–water partition coefficient (Wildman–Crippen LogP) is 2.03. The Labute approximate surface area is 109 Å². The third kappa shape index (κ3) is 2.91. The number of hydrogen-bond acceptors (Lipinski definition) is 2. The van der Waals surface area contributed by atoms with Crippen molar-refractivity contribution in [1.82, 2.24) is 10.6 Å². The van der Waals surface area contributed by atoms with Crippen molar-refractivity contribution in [2.24, 2.45) is 5.92 Å². The summed E-state index contributed by atoms with van der Waals surface area (Å²) in [4.78, 5) is 12.2. The Morgan fingerprint density at radius 1 is 1.33 bits per heavy atom. The molecule has 2 unspecified atom stereocenters. The lowest BCUT2D eigenvalue weighted by Crippen LogP contribution is -2.50. The van der Waals surface area contributed by atoms with Crippen LogP contribution in [0, 0.1) is 19.8 Å². The first kappa shape index (κ1) is 13.1. The van der Waals surface area contributed by atoms with Crippen LogP contribution in [-0.2, 0) is 0 Å². The van der Waals surface area contributed by atoms with Gasteiger partial charge in [-0.3, -0.25) is 4.79 Å². The summed E-state index contributed by atoms with van der Waals surface area (Å²) in [5, 5.41) is 6.46. The zero-order valence-electron chi connectivity index (χ0n) is 11.4. The summed E-state index contributed by atoms with van der Waals surface area (Å²) in [5.41, 5.74) is 3.15. The topological polar surface area (TPSA) is 41.1 Å². The third-order valence-electron chi connectivity index (χ3n) is 3.91. The highest BCUT2D eigenvalue weighted by Gasteiger charge is 2.22. The number of rotatable bonds is 2. The van der Waals surface area contributed by atoms with Gasteiger partial charge in [0.25, 0.3) is 5.91 Å². The fraction of sp³-hybridized carbons (Fsp3) is 0.533. The Hall–Kier alpha value is -1.35. The molecule has 1 amide bonds. The van der Waals surface area contributed by atoms with Crippen LogP contribution in [0.15, 0.2) is 18.2 Å². The number of hydrogen-bond donors (Lipinski definition) is 2. The quantitative estimate of drug-likeness (QED) is 0.838. The van der Waals surface area contributed by atoms with Gasteiger partial charge in [-0.15, -0.1) is 0 Å². The molecule has 0 spiro atoms. The van der Waals surface area contributed by atoms with Crippen LogP contribution in [0.5, 0.6) is 0 Å². The van der Waals surface area contributed by atoms with Gasteiger partial charge in [0.1, 0.15) is 0 Å². The van der Waals surface area contributed by atoms with Gasteiger partial charge in [0, 0.05) is 18.2 Å². The van der Waals surface area contributed by atoms with Crippen LogP contribution >= 0.6 is 0 Å². The van der Waals surface area contributed by atoms with Crippen LogP contribution in [0.3, 0.4) is 0 Å². The molecule has 18 heavy (non-hydrogen) atoms. The monoisotopic (exact) mass is 246 g/mol. The molecule has 2 N–H and O–H groups in total. The summed E-state index contributed by atoms with van der Waals surface area (Å²) in [7, 11) is 0. The lowest BCUT2D eigenvalue weighted by atomic mass is 9.94. The Kier molecular flexibility index (Phi) is 4.02. The SMILES string of the molecule is Cc1ccc(C(=O)NC2CNCCC2C)cc1C. The Bertz CT molecular complexity index is 442. The Balaban J connectivity index is 2.04. The van der Waals surface area contributed by atoms with E-state index in [9.17, 15) is 4.79 Å². The van der Waals surface area contributed by atoms with Crippen LogP contribution in [0.25, 0.3) is 0 Å². The average molecular weight is 246 g/mol. The van der Waals surface area contributed by atoms with Crippen molar-refractivity contribution >= 4 is 5.91 Å². The minimum absolute atomic E-state index is 0.0404. The van der Waals surface area contributed by atoms with Gasteiger partial charge in [-0.1, -0.05) is 13.0 Å². The normalized spacial score (nSPS) is 23.7. The van der Waals surface area contributed by atoms with E-state index in [4.69, 9.17) is 0 Å². The van der Waals surface area contributed by atoms with Gasteiger partial charge in [0.15, 0.2) is 0 Å². The van der Waals surface area contributed by atoms with Crippen molar-refractivity contribution < 1.29 is 4.79 Å². The highest BCUT2D eigenvalue weighted by atomic mass is 16.1. The summed E-state index contributed by atoms with van der Waals surface area (Å²) < 4.78 is 0. The minimum atomic E-state index is 0.0404. The number of nitrogens with one attached hydrogen (secondary N) is 2. The van der Waals surface area contributed by atoms with Gasteiger partial charge in [0.2, 0.25) is 0 Å². The summed E-state index contributed by atoms with van der Waals surface area (Å²) >= 11 is 0. The number of amides is 1. The molecule has 0 aliphatic carbocycles. The second kappa shape index (κ2) is 5.53. The third-order valence-corrected chi connectivity index (χ3v) is 3.91. The first-order chi connectivity index (χ1) is 8.58. The minimum Gasteiger partial charge on any atom is -0.348 e. The Morgan fingerprint density at radius 2 is 2.11 bits per heavy atom. The standard InChI is InChI=1S/C15H22N2O/c1-10-4-5-13(8-12(10)3)15(18)17-14-9-16-7-6-11(14)2/h4-5,8,11,14,16H,6-7,9H2,1-3H3,(H,17,18). The first-order valence-corrected chi connectivity index (χ1v) is 6.67. The smallest absolute Gasteiger partial charge is 0.251 e. The van der Waals surface area contributed by atoms with Gasteiger partial charge in [-0.05, 0) is 56.0 Å². The van der Waals surface area contributed by atoms with Gasteiger partial charge < -0.3 is 10.6 Å². The average Bonchev–Trinajstić information content (AvgIpc) is 2.35. The molecule has 2 atom stereocenters. The van der Waals surface area contributed by atoms with Crippen LogP contribution in [0.1, 0.15) is 34.8 Å². The highest BCUT2D eigenvalue weighted by Crippen LogP contribution is 2.13. The zero-order valence-corrected chi connectivity index (χ0v) is 11.4. The summed E-state index contributed by atoms with van der Waals surface area (Å²) in [5.74, 6) is 0.584. The molecule has 1 aliphatic heterocycles. The molecule has 1 aliphatic rings. The lowest BCUT2D eigenvalue weighted by Gasteiger charge is -2.30. The molecule has 1 aromatic rings. The first-order valence-electron chi connectivity index (χ1n) is 6.67. The molecule has 2 rings (SSSR count). The lowest BCUT2D eigenvalue weighted by molar-refractivity contribution is 0.0915.